The maximum Gasteiger partial charge on any atom is 0.278 e. The Balaban J connectivity index is 2.39. The van der Waals surface area contributed by atoms with Crippen molar-refractivity contribution in [2.24, 2.45) is 5.73 Å². The first-order valence-electron chi connectivity index (χ1n) is 7.65. The second-order valence-corrected chi connectivity index (χ2v) is 5.56. The number of carbonyl (C=O) groups excluding carboxylic acids is 1. The normalized spacial score (nSPS) is 19.7. The fourth-order valence-corrected chi connectivity index (χ4v) is 2.76. The van der Waals surface area contributed by atoms with Gasteiger partial charge in [-0.2, -0.15) is 4.98 Å². The van der Waals surface area contributed by atoms with E-state index in [2.05, 4.69) is 15.9 Å². The van der Waals surface area contributed by atoms with Gasteiger partial charge in [-0.05, 0) is 25.8 Å². The van der Waals surface area contributed by atoms with Gasteiger partial charge in [0.2, 0.25) is 12.4 Å². The van der Waals surface area contributed by atoms with Gasteiger partial charge in [0.05, 0.1) is 12.6 Å². The van der Waals surface area contributed by atoms with Crippen LogP contribution in [0, 0.1) is 12.3 Å². The number of anilines is 3. The standard InChI is InChI=1S/C15H22N6O3/c1-3-8-20(2)12-13(18-15(17)19-14(12)23)21(9-22)11-5-4-10(24-11)6-7-16/h1,9-11H,4-8,16H2,2H3,(H3,17,18,19,23). The highest BCUT2D eigenvalue weighted by Crippen LogP contribution is 2.30. The van der Waals surface area contributed by atoms with E-state index in [4.69, 9.17) is 22.6 Å². The Kier molecular flexibility index (Phi) is 5.78. The first-order valence-corrected chi connectivity index (χ1v) is 7.65. The van der Waals surface area contributed by atoms with Crippen molar-refractivity contribution in [3.8, 4) is 12.3 Å². The number of amides is 1. The lowest BCUT2D eigenvalue weighted by Crippen LogP contribution is -2.39. The zero-order valence-electron chi connectivity index (χ0n) is 13.6. The predicted molar refractivity (Wildman–Crippen MR) is 91.5 cm³/mol. The molecule has 1 amide bonds. The molecule has 0 aliphatic carbocycles. The van der Waals surface area contributed by atoms with Crippen LogP contribution in [0.15, 0.2) is 4.79 Å². The van der Waals surface area contributed by atoms with Gasteiger partial charge in [-0.15, -0.1) is 6.42 Å². The summed E-state index contributed by atoms with van der Waals surface area (Å²) in [6.07, 6.45) is 7.46. The number of H-pyrrole nitrogens is 1. The van der Waals surface area contributed by atoms with Gasteiger partial charge in [-0.3, -0.25) is 19.5 Å². The summed E-state index contributed by atoms with van der Waals surface area (Å²) < 4.78 is 5.85. The van der Waals surface area contributed by atoms with E-state index < -0.39 is 11.8 Å². The molecule has 1 aromatic heterocycles. The molecule has 1 aliphatic heterocycles. The second kappa shape index (κ2) is 7.81. The molecule has 24 heavy (non-hydrogen) atoms. The van der Waals surface area contributed by atoms with Crippen LogP contribution in [0.1, 0.15) is 19.3 Å². The smallest absolute Gasteiger partial charge is 0.278 e. The zero-order valence-corrected chi connectivity index (χ0v) is 13.6. The minimum atomic E-state index is -0.522. The summed E-state index contributed by atoms with van der Waals surface area (Å²) in [5, 5.41) is 0. The van der Waals surface area contributed by atoms with Crippen LogP contribution < -0.4 is 26.8 Å². The molecule has 5 N–H and O–H groups in total. The van der Waals surface area contributed by atoms with Gasteiger partial charge in [0.15, 0.2) is 5.82 Å². The molecule has 1 aliphatic rings. The average molecular weight is 334 g/mol. The number of rotatable bonds is 7. The lowest BCUT2D eigenvalue weighted by molar-refractivity contribution is -0.109. The molecular weight excluding hydrogens is 312 g/mol. The molecule has 0 aromatic carbocycles. The van der Waals surface area contributed by atoms with Crippen LogP contribution in [0.2, 0.25) is 0 Å². The third-order valence-electron chi connectivity index (χ3n) is 3.85. The fourth-order valence-electron chi connectivity index (χ4n) is 2.76. The SMILES string of the molecule is C#CCN(C)c1c(N(C=O)C2CCC(CCN)O2)nc(N)[nH]c1=O. The number of hydrogen-bond acceptors (Lipinski definition) is 7. The summed E-state index contributed by atoms with van der Waals surface area (Å²) in [4.78, 5) is 33.3. The topological polar surface area (TPSA) is 131 Å². The average Bonchev–Trinajstić information content (AvgIpc) is 2.96. The first-order chi connectivity index (χ1) is 11.5. The predicted octanol–water partition coefficient (Wildman–Crippen LogP) is -0.762. The number of carbonyl (C=O) groups is 1. The Morgan fingerprint density at radius 1 is 1.54 bits per heavy atom. The maximum atomic E-state index is 12.3. The van der Waals surface area contributed by atoms with Crippen LogP contribution >= 0.6 is 0 Å². The Labute approximate surface area is 140 Å². The van der Waals surface area contributed by atoms with Gasteiger partial charge in [0, 0.05) is 7.05 Å². The van der Waals surface area contributed by atoms with E-state index in [9.17, 15) is 9.59 Å². The van der Waals surface area contributed by atoms with Gasteiger partial charge in [-0.1, -0.05) is 5.92 Å². The monoisotopic (exact) mass is 334 g/mol. The Morgan fingerprint density at radius 2 is 2.29 bits per heavy atom. The molecule has 0 saturated carbocycles. The highest BCUT2D eigenvalue weighted by atomic mass is 16.5. The number of nitrogen functional groups attached to an aromatic ring is 1. The van der Waals surface area contributed by atoms with Crippen molar-refractivity contribution in [2.45, 2.75) is 31.6 Å². The van der Waals surface area contributed by atoms with Crippen LogP contribution in [0.5, 0.6) is 0 Å². The van der Waals surface area contributed by atoms with Gasteiger partial charge < -0.3 is 21.1 Å². The Hall–Kier alpha value is -2.57. The summed E-state index contributed by atoms with van der Waals surface area (Å²) in [6.45, 7) is 0.681. The van der Waals surface area contributed by atoms with E-state index in [1.165, 1.54) is 9.80 Å². The van der Waals surface area contributed by atoms with Crippen LogP contribution in [-0.2, 0) is 9.53 Å². The van der Waals surface area contributed by atoms with Gasteiger partial charge >= 0.3 is 0 Å². The Morgan fingerprint density at radius 3 is 2.92 bits per heavy atom. The number of nitrogens with zero attached hydrogens (tertiary/aromatic N) is 3. The molecule has 1 saturated heterocycles. The number of nitrogens with two attached hydrogens (primary N) is 2. The summed E-state index contributed by atoms with van der Waals surface area (Å²) in [6, 6.07) is 0. The van der Waals surface area contributed by atoms with Crippen molar-refractivity contribution < 1.29 is 9.53 Å². The number of hydrogen-bond donors (Lipinski definition) is 3. The van der Waals surface area contributed by atoms with Gasteiger partial charge in [0.25, 0.3) is 5.56 Å². The van der Waals surface area contributed by atoms with E-state index >= 15 is 0 Å². The first kappa shape index (κ1) is 17.8. The van der Waals surface area contributed by atoms with Crippen molar-refractivity contribution in [3.63, 3.8) is 0 Å². The van der Waals surface area contributed by atoms with Crippen LogP contribution in [0.25, 0.3) is 0 Å². The zero-order chi connectivity index (χ0) is 17.7. The van der Waals surface area contributed by atoms with Crippen LogP contribution in [-0.4, -0.2) is 48.8 Å². The van der Waals surface area contributed by atoms with E-state index in [0.717, 1.165) is 6.42 Å². The molecule has 9 heteroatoms. The van der Waals surface area contributed by atoms with Crippen molar-refractivity contribution >= 4 is 23.9 Å². The van der Waals surface area contributed by atoms with E-state index in [0.29, 0.717) is 25.8 Å². The maximum absolute atomic E-state index is 12.3. The molecular formula is C15H22N6O3. The van der Waals surface area contributed by atoms with Crippen molar-refractivity contribution in [1.82, 2.24) is 9.97 Å². The second-order valence-electron chi connectivity index (χ2n) is 5.56. The van der Waals surface area contributed by atoms with Crippen LogP contribution in [0.3, 0.4) is 0 Å². The third-order valence-corrected chi connectivity index (χ3v) is 3.85. The molecule has 130 valence electrons. The molecule has 2 rings (SSSR count). The highest BCUT2D eigenvalue weighted by Gasteiger charge is 2.33. The number of terminal acetylenes is 1. The molecule has 1 aromatic rings. The quantitative estimate of drug-likeness (QED) is 0.441. The largest absolute Gasteiger partial charge is 0.369 e. The summed E-state index contributed by atoms with van der Waals surface area (Å²) in [5.74, 6) is 2.49. The number of ether oxygens (including phenoxy) is 1. The molecule has 2 heterocycles. The molecule has 0 radical (unpaired) electrons. The Bertz CT molecular complexity index is 683. The molecule has 0 spiro atoms. The third kappa shape index (κ3) is 3.67. The fraction of sp³-hybridized carbons (Fsp3) is 0.533. The minimum absolute atomic E-state index is 0.0197. The molecule has 9 nitrogen and oxygen atoms in total. The lowest BCUT2D eigenvalue weighted by atomic mass is 10.2. The molecule has 1 fully saturated rings. The summed E-state index contributed by atoms with van der Waals surface area (Å²) in [5.41, 5.74) is 10.9. The van der Waals surface area contributed by atoms with Gasteiger partial charge in [-0.25, -0.2) is 0 Å². The number of aromatic amines is 1. The van der Waals surface area contributed by atoms with Crippen molar-refractivity contribution in [3.05, 3.63) is 10.4 Å². The highest BCUT2D eigenvalue weighted by molar-refractivity contribution is 5.82. The summed E-state index contributed by atoms with van der Waals surface area (Å²) in [7, 11) is 1.64. The lowest BCUT2D eigenvalue weighted by Gasteiger charge is -2.28. The van der Waals surface area contributed by atoms with Crippen molar-refractivity contribution in [2.75, 3.05) is 35.7 Å². The summed E-state index contributed by atoms with van der Waals surface area (Å²) >= 11 is 0. The molecule has 2 unspecified atom stereocenters. The molecule has 0 bridgehead atoms. The van der Waals surface area contributed by atoms with E-state index in [1.807, 2.05) is 0 Å². The number of nitrogens with one attached hydrogen (secondary N) is 1. The molecule has 2 atom stereocenters. The minimum Gasteiger partial charge on any atom is -0.369 e. The van der Waals surface area contributed by atoms with Crippen LogP contribution in [0.4, 0.5) is 17.5 Å². The van der Waals surface area contributed by atoms with Crippen molar-refractivity contribution in [1.29, 1.82) is 0 Å². The number of aromatic nitrogens is 2. The van der Waals surface area contributed by atoms with E-state index in [-0.39, 0.29) is 30.1 Å². The van der Waals surface area contributed by atoms with Gasteiger partial charge in [0.1, 0.15) is 11.9 Å². The van der Waals surface area contributed by atoms with E-state index in [1.54, 1.807) is 7.05 Å².